The highest BCUT2D eigenvalue weighted by molar-refractivity contribution is 5.82. The quantitative estimate of drug-likeness (QED) is 0.716. The molecule has 110 valence electrons. The van der Waals surface area contributed by atoms with Crippen molar-refractivity contribution in [2.45, 2.75) is 45.7 Å². The molecule has 1 atom stereocenters. The van der Waals surface area contributed by atoms with Gasteiger partial charge in [-0.05, 0) is 24.0 Å². The summed E-state index contributed by atoms with van der Waals surface area (Å²) in [5.41, 5.74) is 2.23. The van der Waals surface area contributed by atoms with Crippen LogP contribution >= 0.6 is 0 Å². The van der Waals surface area contributed by atoms with Crippen LogP contribution in [-0.2, 0) is 17.8 Å². The Morgan fingerprint density at radius 1 is 1.15 bits per heavy atom. The molecule has 1 aromatic rings. The van der Waals surface area contributed by atoms with Crippen molar-refractivity contribution < 1.29 is 14.7 Å². The fourth-order valence-electron chi connectivity index (χ4n) is 1.83. The number of carboxylic acid groups (broad SMARTS) is 1. The number of carboxylic acids is 1. The molecule has 20 heavy (non-hydrogen) atoms. The van der Waals surface area contributed by atoms with E-state index in [0.29, 0.717) is 19.4 Å². The molecule has 5 nitrogen and oxygen atoms in total. The van der Waals surface area contributed by atoms with E-state index in [1.807, 2.05) is 31.2 Å². The zero-order valence-corrected chi connectivity index (χ0v) is 12.0. The Morgan fingerprint density at radius 3 is 2.25 bits per heavy atom. The lowest BCUT2D eigenvalue weighted by molar-refractivity contribution is -0.139. The Hall–Kier alpha value is -2.04. The highest BCUT2D eigenvalue weighted by Crippen LogP contribution is 2.04. The summed E-state index contributed by atoms with van der Waals surface area (Å²) in [5.74, 6) is -1.01. The Labute approximate surface area is 119 Å². The van der Waals surface area contributed by atoms with Crippen molar-refractivity contribution in [1.82, 2.24) is 10.6 Å². The number of aliphatic carboxylic acids is 1. The van der Waals surface area contributed by atoms with E-state index in [1.54, 1.807) is 0 Å². The second-order valence-corrected chi connectivity index (χ2v) is 4.68. The largest absolute Gasteiger partial charge is 0.480 e. The van der Waals surface area contributed by atoms with Gasteiger partial charge in [0.05, 0.1) is 0 Å². The number of carbonyl (C=O) groups is 2. The normalized spacial score (nSPS) is 11.7. The molecule has 0 spiro atoms. The van der Waals surface area contributed by atoms with Gasteiger partial charge in [-0.15, -0.1) is 0 Å². The maximum absolute atomic E-state index is 11.6. The van der Waals surface area contributed by atoms with Gasteiger partial charge in [-0.2, -0.15) is 0 Å². The summed E-state index contributed by atoms with van der Waals surface area (Å²) < 4.78 is 0. The fraction of sp³-hybridized carbons (Fsp3) is 0.467. The van der Waals surface area contributed by atoms with Crippen LogP contribution in [0.15, 0.2) is 24.3 Å². The lowest BCUT2D eigenvalue weighted by Crippen LogP contribution is -2.45. The molecule has 0 saturated carbocycles. The molecule has 0 saturated heterocycles. The number of nitrogens with one attached hydrogen (secondary N) is 2. The van der Waals surface area contributed by atoms with Crippen LogP contribution in [0.2, 0.25) is 0 Å². The minimum atomic E-state index is -1.01. The van der Waals surface area contributed by atoms with Gasteiger partial charge in [0.15, 0.2) is 0 Å². The van der Waals surface area contributed by atoms with E-state index in [0.717, 1.165) is 12.0 Å². The first-order valence-electron chi connectivity index (χ1n) is 6.91. The van der Waals surface area contributed by atoms with Crippen LogP contribution in [0.5, 0.6) is 0 Å². The van der Waals surface area contributed by atoms with Gasteiger partial charge in [0.25, 0.3) is 0 Å². The van der Waals surface area contributed by atoms with Crippen LogP contribution in [0, 0.1) is 0 Å². The van der Waals surface area contributed by atoms with Crippen LogP contribution in [-0.4, -0.2) is 23.1 Å². The summed E-state index contributed by atoms with van der Waals surface area (Å²) in [6, 6.07) is 6.67. The van der Waals surface area contributed by atoms with E-state index < -0.39 is 18.0 Å². The summed E-state index contributed by atoms with van der Waals surface area (Å²) in [5, 5.41) is 14.1. The predicted molar refractivity (Wildman–Crippen MR) is 77.5 cm³/mol. The molecule has 0 bridgehead atoms. The van der Waals surface area contributed by atoms with E-state index >= 15 is 0 Å². The molecule has 3 N–H and O–H groups in total. The SMILES string of the molecule is CCC[C@H](NC(=O)NCc1ccc(CC)cc1)C(=O)O. The van der Waals surface area contributed by atoms with Gasteiger partial charge >= 0.3 is 12.0 Å². The Kier molecular flexibility index (Phi) is 6.56. The van der Waals surface area contributed by atoms with Crippen LogP contribution in [0.25, 0.3) is 0 Å². The number of amides is 2. The van der Waals surface area contributed by atoms with Crippen LogP contribution in [0.1, 0.15) is 37.8 Å². The molecule has 5 heteroatoms. The summed E-state index contributed by atoms with van der Waals surface area (Å²) >= 11 is 0. The number of hydrogen-bond donors (Lipinski definition) is 3. The minimum Gasteiger partial charge on any atom is -0.480 e. The first kappa shape index (κ1) is 16.0. The maximum atomic E-state index is 11.6. The summed E-state index contributed by atoms with van der Waals surface area (Å²) in [7, 11) is 0. The highest BCUT2D eigenvalue weighted by Gasteiger charge is 2.18. The third kappa shape index (κ3) is 5.30. The predicted octanol–water partition coefficient (Wildman–Crippen LogP) is 2.30. The minimum absolute atomic E-state index is 0.383. The molecule has 1 rings (SSSR count). The van der Waals surface area contributed by atoms with Gasteiger partial charge in [-0.1, -0.05) is 44.5 Å². The second kappa shape index (κ2) is 8.19. The molecule has 0 heterocycles. The second-order valence-electron chi connectivity index (χ2n) is 4.68. The van der Waals surface area contributed by atoms with Crippen LogP contribution in [0.4, 0.5) is 4.79 Å². The van der Waals surface area contributed by atoms with E-state index in [9.17, 15) is 9.59 Å². The number of benzene rings is 1. The van der Waals surface area contributed by atoms with Gasteiger partial charge in [0.1, 0.15) is 6.04 Å². The average Bonchev–Trinajstić information content (AvgIpc) is 2.45. The Morgan fingerprint density at radius 2 is 1.75 bits per heavy atom. The molecule has 0 aliphatic rings. The number of carbonyl (C=O) groups excluding carboxylic acids is 1. The fourth-order valence-corrected chi connectivity index (χ4v) is 1.83. The monoisotopic (exact) mass is 278 g/mol. The zero-order valence-electron chi connectivity index (χ0n) is 12.0. The topological polar surface area (TPSA) is 78.4 Å². The molecule has 2 amide bonds. The standard InChI is InChI=1S/C15H22N2O3/c1-3-5-13(14(18)19)17-15(20)16-10-12-8-6-11(4-2)7-9-12/h6-9,13H,3-5,10H2,1-2H3,(H,18,19)(H2,16,17,20)/t13-/m0/s1. The number of hydrogen-bond acceptors (Lipinski definition) is 2. The highest BCUT2D eigenvalue weighted by atomic mass is 16.4. The Balaban J connectivity index is 2.43. The molecule has 0 radical (unpaired) electrons. The first-order valence-corrected chi connectivity index (χ1v) is 6.91. The molecule has 0 unspecified atom stereocenters. The van der Waals surface area contributed by atoms with Crippen molar-refractivity contribution in [3.05, 3.63) is 35.4 Å². The Bertz CT molecular complexity index is 443. The molecule has 0 fully saturated rings. The number of rotatable bonds is 7. The van der Waals surface area contributed by atoms with Crippen molar-refractivity contribution in [2.24, 2.45) is 0 Å². The van der Waals surface area contributed by atoms with E-state index in [1.165, 1.54) is 5.56 Å². The van der Waals surface area contributed by atoms with E-state index in [-0.39, 0.29) is 0 Å². The smallest absolute Gasteiger partial charge is 0.326 e. The lowest BCUT2D eigenvalue weighted by Gasteiger charge is -2.14. The maximum Gasteiger partial charge on any atom is 0.326 e. The van der Waals surface area contributed by atoms with Gasteiger partial charge in [0, 0.05) is 6.54 Å². The first-order chi connectivity index (χ1) is 9.56. The molecule has 1 aromatic carbocycles. The third-order valence-electron chi connectivity index (χ3n) is 3.07. The van der Waals surface area contributed by atoms with Gasteiger partial charge in [-0.3, -0.25) is 0 Å². The van der Waals surface area contributed by atoms with Crippen molar-refractivity contribution in [2.75, 3.05) is 0 Å². The van der Waals surface area contributed by atoms with Crippen molar-refractivity contribution >= 4 is 12.0 Å². The van der Waals surface area contributed by atoms with E-state index in [2.05, 4.69) is 17.6 Å². The average molecular weight is 278 g/mol. The molecular formula is C15H22N2O3. The third-order valence-corrected chi connectivity index (χ3v) is 3.07. The summed E-state index contributed by atoms with van der Waals surface area (Å²) in [4.78, 5) is 22.6. The van der Waals surface area contributed by atoms with Crippen LogP contribution in [0.3, 0.4) is 0 Å². The zero-order chi connectivity index (χ0) is 15.0. The van der Waals surface area contributed by atoms with Gasteiger partial charge < -0.3 is 15.7 Å². The van der Waals surface area contributed by atoms with Gasteiger partial charge in [-0.25, -0.2) is 9.59 Å². The molecule has 0 aliphatic heterocycles. The van der Waals surface area contributed by atoms with Crippen LogP contribution < -0.4 is 10.6 Å². The number of urea groups is 1. The molecule has 0 aromatic heterocycles. The van der Waals surface area contributed by atoms with Crippen molar-refractivity contribution in [1.29, 1.82) is 0 Å². The molecular weight excluding hydrogens is 256 g/mol. The molecule has 0 aliphatic carbocycles. The summed E-state index contributed by atoms with van der Waals surface area (Å²) in [6.07, 6.45) is 2.11. The van der Waals surface area contributed by atoms with Crippen molar-refractivity contribution in [3.63, 3.8) is 0 Å². The number of aryl methyl sites for hydroxylation is 1. The van der Waals surface area contributed by atoms with E-state index in [4.69, 9.17) is 5.11 Å². The van der Waals surface area contributed by atoms with Gasteiger partial charge in [0.2, 0.25) is 0 Å². The summed E-state index contributed by atoms with van der Waals surface area (Å²) in [6.45, 7) is 4.35. The lowest BCUT2D eigenvalue weighted by atomic mass is 10.1. The van der Waals surface area contributed by atoms with Crippen molar-refractivity contribution in [3.8, 4) is 0 Å².